The number of pyridine rings is 1. The largest absolute Gasteiger partial charge is 0.477 e. The number of hydrogen-bond acceptors (Lipinski definition) is 5. The van der Waals surface area contributed by atoms with Crippen molar-refractivity contribution in [2.24, 2.45) is 5.41 Å². The molecule has 2 heterocycles. The summed E-state index contributed by atoms with van der Waals surface area (Å²) >= 11 is 0. The van der Waals surface area contributed by atoms with E-state index >= 15 is 4.39 Å². The van der Waals surface area contributed by atoms with Crippen LogP contribution in [0.2, 0.25) is 0 Å². The number of aromatic carboxylic acids is 1. The van der Waals surface area contributed by atoms with Crippen molar-refractivity contribution < 1.29 is 14.3 Å². The molecule has 1 aromatic heterocycles. The monoisotopic (exact) mass is 438 g/mol. The number of carbonyl (C=O) groups is 1. The minimum atomic E-state index is -1.28. The van der Waals surface area contributed by atoms with Crippen LogP contribution in [0.3, 0.4) is 0 Å². The molecule has 8 heteroatoms. The maximum atomic E-state index is 15.4. The maximum absolute atomic E-state index is 15.4. The van der Waals surface area contributed by atoms with E-state index in [0.29, 0.717) is 35.8 Å². The summed E-state index contributed by atoms with van der Waals surface area (Å²) in [6.45, 7) is 3.99. The predicted molar refractivity (Wildman–Crippen MR) is 119 cm³/mol. The Labute approximate surface area is 185 Å². The zero-order chi connectivity index (χ0) is 22.6. The van der Waals surface area contributed by atoms with Gasteiger partial charge in [0, 0.05) is 55.1 Å². The van der Waals surface area contributed by atoms with Gasteiger partial charge in [0.2, 0.25) is 5.43 Å². The highest BCUT2D eigenvalue weighted by Gasteiger charge is 2.51. The van der Waals surface area contributed by atoms with Crippen LogP contribution in [0.25, 0.3) is 10.9 Å². The van der Waals surface area contributed by atoms with Crippen LogP contribution in [0.5, 0.6) is 0 Å². The molecule has 1 spiro atoms. The fourth-order valence-electron chi connectivity index (χ4n) is 5.74. The SMILES string of the molecule is Cc1c(N2CCC3(CCC3NCCC#N)C2)c(F)cc2c(=O)c(C(=O)O)cn(C3CC3)c12. The molecule has 3 fully saturated rings. The van der Waals surface area contributed by atoms with Crippen molar-refractivity contribution in [2.45, 2.75) is 57.5 Å². The molecule has 1 aliphatic heterocycles. The van der Waals surface area contributed by atoms with Gasteiger partial charge < -0.3 is 19.9 Å². The van der Waals surface area contributed by atoms with E-state index in [4.69, 9.17) is 5.26 Å². The number of nitrogens with one attached hydrogen (secondary N) is 1. The molecule has 3 aliphatic rings. The minimum Gasteiger partial charge on any atom is -0.477 e. The Morgan fingerprint density at radius 1 is 1.38 bits per heavy atom. The van der Waals surface area contributed by atoms with E-state index in [1.807, 2.05) is 11.5 Å². The molecule has 2 unspecified atom stereocenters. The number of nitriles is 1. The first-order valence-electron chi connectivity index (χ1n) is 11.3. The quantitative estimate of drug-likeness (QED) is 0.672. The molecule has 1 aromatic carbocycles. The third-order valence-corrected chi connectivity index (χ3v) is 7.65. The lowest BCUT2D eigenvalue weighted by Crippen LogP contribution is -2.55. The van der Waals surface area contributed by atoms with Crippen LogP contribution in [0.1, 0.15) is 60.5 Å². The number of fused-ring (bicyclic) bond motifs is 1. The average Bonchev–Trinajstić information content (AvgIpc) is 3.49. The summed E-state index contributed by atoms with van der Waals surface area (Å²) in [5.41, 5.74) is 1.03. The molecule has 2 saturated carbocycles. The molecule has 1 saturated heterocycles. The van der Waals surface area contributed by atoms with Gasteiger partial charge in [0.25, 0.3) is 0 Å². The zero-order valence-corrected chi connectivity index (χ0v) is 18.2. The van der Waals surface area contributed by atoms with Gasteiger partial charge in [0.15, 0.2) is 0 Å². The van der Waals surface area contributed by atoms with Gasteiger partial charge in [-0.15, -0.1) is 0 Å². The van der Waals surface area contributed by atoms with E-state index in [2.05, 4.69) is 16.3 Å². The van der Waals surface area contributed by atoms with Crippen molar-refractivity contribution in [3.8, 4) is 6.07 Å². The maximum Gasteiger partial charge on any atom is 0.341 e. The third-order valence-electron chi connectivity index (χ3n) is 7.65. The van der Waals surface area contributed by atoms with Crippen LogP contribution in [0, 0.1) is 29.5 Å². The highest BCUT2D eigenvalue weighted by Crippen LogP contribution is 2.50. The normalized spacial score (nSPS) is 24.7. The Bertz CT molecular complexity index is 1210. The molecular weight excluding hydrogens is 411 g/mol. The number of rotatable bonds is 6. The molecule has 7 nitrogen and oxygen atoms in total. The third kappa shape index (κ3) is 3.18. The molecule has 0 radical (unpaired) electrons. The summed E-state index contributed by atoms with van der Waals surface area (Å²) in [5.74, 6) is -1.75. The van der Waals surface area contributed by atoms with Crippen molar-refractivity contribution in [2.75, 3.05) is 24.5 Å². The number of benzene rings is 1. The number of carboxylic acid groups (broad SMARTS) is 1. The number of hydrogen-bond donors (Lipinski definition) is 2. The number of halogens is 1. The smallest absolute Gasteiger partial charge is 0.341 e. The number of aromatic nitrogens is 1. The van der Waals surface area contributed by atoms with Crippen molar-refractivity contribution in [1.29, 1.82) is 5.26 Å². The molecule has 2 aromatic rings. The van der Waals surface area contributed by atoms with Crippen molar-refractivity contribution in [1.82, 2.24) is 9.88 Å². The summed E-state index contributed by atoms with van der Waals surface area (Å²) in [5, 5.41) is 21.9. The lowest BCUT2D eigenvalue weighted by molar-refractivity contribution is 0.0695. The Kier molecular flexibility index (Phi) is 4.97. The zero-order valence-electron chi connectivity index (χ0n) is 18.2. The fourth-order valence-corrected chi connectivity index (χ4v) is 5.74. The molecule has 2 aliphatic carbocycles. The number of nitrogens with zero attached hydrogens (tertiary/aromatic N) is 3. The van der Waals surface area contributed by atoms with Crippen LogP contribution in [0.15, 0.2) is 17.1 Å². The summed E-state index contributed by atoms with van der Waals surface area (Å²) in [7, 11) is 0. The number of carboxylic acids is 1. The van der Waals surface area contributed by atoms with Crippen LogP contribution >= 0.6 is 0 Å². The molecule has 32 heavy (non-hydrogen) atoms. The van der Waals surface area contributed by atoms with Gasteiger partial charge in [-0.25, -0.2) is 9.18 Å². The van der Waals surface area contributed by atoms with Crippen LogP contribution in [0.4, 0.5) is 10.1 Å². The topological polar surface area (TPSA) is 98.4 Å². The number of anilines is 1. The molecule has 5 rings (SSSR count). The first-order valence-corrected chi connectivity index (χ1v) is 11.3. The standard InChI is InChI=1S/C24H27FN4O3/c1-14-20-16(22(30)17(23(31)32)12-29(20)15-3-4-15)11-18(25)21(14)28-10-7-24(13-28)6-5-19(24)27-9-2-8-26/h11-12,15,19,27H,2-7,9-10,13H2,1H3,(H,31,32). The Balaban J connectivity index is 1.54. The molecule has 0 amide bonds. The predicted octanol–water partition coefficient (Wildman–Crippen LogP) is 3.34. The van der Waals surface area contributed by atoms with E-state index in [9.17, 15) is 14.7 Å². The lowest BCUT2D eigenvalue weighted by Gasteiger charge is -2.47. The highest BCUT2D eigenvalue weighted by molar-refractivity contribution is 5.95. The second kappa shape index (κ2) is 7.59. The van der Waals surface area contributed by atoms with Gasteiger partial charge in [-0.2, -0.15) is 5.26 Å². The van der Waals surface area contributed by atoms with Gasteiger partial charge >= 0.3 is 5.97 Å². The Hall–Kier alpha value is -2.92. The average molecular weight is 439 g/mol. The molecule has 2 N–H and O–H groups in total. The first kappa shape index (κ1) is 21.0. The van der Waals surface area contributed by atoms with E-state index in [1.165, 1.54) is 12.3 Å². The summed E-state index contributed by atoms with van der Waals surface area (Å²) in [6.07, 6.45) is 6.87. The number of aryl methyl sites for hydroxylation is 1. The summed E-state index contributed by atoms with van der Waals surface area (Å²) in [4.78, 5) is 26.5. The van der Waals surface area contributed by atoms with Gasteiger partial charge in [0.1, 0.15) is 11.4 Å². The van der Waals surface area contributed by atoms with Crippen molar-refractivity contribution in [3.05, 3.63) is 39.4 Å². The Morgan fingerprint density at radius 3 is 2.78 bits per heavy atom. The molecule has 2 atom stereocenters. The van der Waals surface area contributed by atoms with Crippen molar-refractivity contribution >= 4 is 22.6 Å². The lowest BCUT2D eigenvalue weighted by atomic mass is 9.64. The van der Waals surface area contributed by atoms with E-state index in [0.717, 1.165) is 45.2 Å². The van der Waals surface area contributed by atoms with Crippen LogP contribution < -0.4 is 15.6 Å². The van der Waals surface area contributed by atoms with E-state index in [1.54, 1.807) is 0 Å². The highest BCUT2D eigenvalue weighted by atomic mass is 19.1. The van der Waals surface area contributed by atoms with Gasteiger partial charge in [-0.3, -0.25) is 4.79 Å². The summed E-state index contributed by atoms with van der Waals surface area (Å²) < 4.78 is 17.3. The van der Waals surface area contributed by atoms with Crippen LogP contribution in [-0.2, 0) is 0 Å². The molecule has 0 bridgehead atoms. The van der Waals surface area contributed by atoms with Gasteiger partial charge in [-0.05, 0) is 50.7 Å². The minimum absolute atomic E-state index is 0.0899. The Morgan fingerprint density at radius 2 is 2.16 bits per heavy atom. The van der Waals surface area contributed by atoms with Gasteiger partial charge in [-0.1, -0.05) is 0 Å². The molecular formula is C24H27FN4O3. The molecule has 168 valence electrons. The first-order chi connectivity index (χ1) is 15.4. The van der Waals surface area contributed by atoms with E-state index < -0.39 is 17.2 Å². The fraction of sp³-hybridized carbons (Fsp3) is 0.542. The van der Waals surface area contributed by atoms with E-state index in [-0.39, 0.29) is 22.4 Å². The van der Waals surface area contributed by atoms with Crippen molar-refractivity contribution in [3.63, 3.8) is 0 Å². The second-order valence-electron chi connectivity index (χ2n) is 9.53. The van der Waals surface area contributed by atoms with Crippen LogP contribution in [-0.4, -0.2) is 41.3 Å². The second-order valence-corrected chi connectivity index (χ2v) is 9.53. The summed E-state index contributed by atoms with van der Waals surface area (Å²) in [6, 6.07) is 3.89. The van der Waals surface area contributed by atoms with Gasteiger partial charge in [0.05, 0.1) is 17.3 Å².